The van der Waals surface area contributed by atoms with Crippen molar-refractivity contribution in [3.05, 3.63) is 70.8 Å². The summed E-state index contributed by atoms with van der Waals surface area (Å²) in [5.74, 6) is 0.800. The highest BCUT2D eigenvalue weighted by Crippen LogP contribution is 2.23. The van der Waals surface area contributed by atoms with Gasteiger partial charge in [-0.15, -0.1) is 9.78 Å². The number of hydrogen-bond acceptors (Lipinski definition) is 6. The second-order valence-corrected chi connectivity index (χ2v) is 7.43. The Kier molecular flexibility index (Phi) is 5.54. The zero-order valence-electron chi connectivity index (χ0n) is 18.4. The maximum Gasteiger partial charge on any atom is 0.322 e. The Bertz CT molecular complexity index is 1540. The average Bonchev–Trinajstić information content (AvgIpc) is 3.15. The van der Waals surface area contributed by atoms with E-state index in [1.165, 1.54) is 0 Å². The maximum absolute atomic E-state index is 13.3. The molecule has 0 aliphatic carbocycles. The van der Waals surface area contributed by atoms with Crippen molar-refractivity contribution in [2.24, 2.45) is 5.10 Å². The van der Waals surface area contributed by atoms with Crippen LogP contribution >= 0.6 is 0 Å². The van der Waals surface area contributed by atoms with E-state index in [1.54, 1.807) is 28.9 Å². The van der Waals surface area contributed by atoms with Crippen molar-refractivity contribution < 1.29 is 14.5 Å². The molecule has 0 saturated carbocycles. The molecule has 166 valence electrons. The first-order chi connectivity index (χ1) is 16.2. The van der Waals surface area contributed by atoms with Crippen LogP contribution in [0.4, 0.5) is 0 Å². The van der Waals surface area contributed by atoms with E-state index in [9.17, 15) is 4.79 Å². The summed E-state index contributed by atoms with van der Waals surface area (Å²) in [6.07, 6.45) is 3.35. The summed E-state index contributed by atoms with van der Waals surface area (Å²) in [5.41, 5.74) is 3.68. The molecule has 0 spiro atoms. The summed E-state index contributed by atoms with van der Waals surface area (Å²) in [6.45, 7) is 3.40. The third kappa shape index (κ3) is 3.83. The predicted octanol–water partition coefficient (Wildman–Crippen LogP) is 2.64. The standard InChI is InChI=1S/C24H22N6O3/c1-3-33-17-10-8-16(9-11-17)14-26-30-22-20(24(31)29(15-25-22)12-13-32-2)21-23(30)28-19-7-5-4-6-18(19)27-21/h4-11,14-15H,3,12-13H2,1-2H3/p+1/b26-14+. The fourth-order valence-corrected chi connectivity index (χ4v) is 3.72. The van der Waals surface area contributed by atoms with Crippen molar-refractivity contribution in [2.75, 3.05) is 20.3 Å². The Hall–Kier alpha value is -4.11. The summed E-state index contributed by atoms with van der Waals surface area (Å²) >= 11 is 0. The van der Waals surface area contributed by atoms with Crippen LogP contribution in [0.3, 0.4) is 0 Å². The average molecular weight is 443 g/mol. The molecule has 3 heterocycles. The molecule has 0 saturated heterocycles. The van der Waals surface area contributed by atoms with E-state index in [0.29, 0.717) is 47.5 Å². The van der Waals surface area contributed by atoms with Crippen LogP contribution in [0, 0.1) is 0 Å². The lowest BCUT2D eigenvalue weighted by atomic mass is 10.2. The van der Waals surface area contributed by atoms with Gasteiger partial charge in [-0.1, -0.05) is 12.1 Å². The Morgan fingerprint density at radius 3 is 2.58 bits per heavy atom. The van der Waals surface area contributed by atoms with Gasteiger partial charge >= 0.3 is 5.56 Å². The van der Waals surface area contributed by atoms with Crippen molar-refractivity contribution in [3.63, 3.8) is 0 Å². The molecule has 9 heteroatoms. The number of benzene rings is 2. The van der Waals surface area contributed by atoms with Gasteiger partial charge in [0.15, 0.2) is 11.7 Å². The minimum absolute atomic E-state index is 0.176. The van der Waals surface area contributed by atoms with Crippen LogP contribution in [0.2, 0.25) is 0 Å². The van der Waals surface area contributed by atoms with Crippen LogP contribution in [0.15, 0.2) is 64.8 Å². The second kappa shape index (κ2) is 8.79. The number of methoxy groups -OCH3 is 1. The summed E-state index contributed by atoms with van der Waals surface area (Å²) in [4.78, 5) is 26.0. The fraction of sp³-hybridized carbons (Fsp3) is 0.208. The lowest BCUT2D eigenvalue weighted by Gasteiger charge is -2.02. The number of fused-ring (bicyclic) bond motifs is 4. The molecule has 9 nitrogen and oxygen atoms in total. The zero-order chi connectivity index (χ0) is 22.8. The van der Waals surface area contributed by atoms with Crippen molar-refractivity contribution in [1.29, 1.82) is 0 Å². The molecule has 0 bridgehead atoms. The highest BCUT2D eigenvalue weighted by molar-refractivity contribution is 6.03. The van der Waals surface area contributed by atoms with Gasteiger partial charge in [0.1, 0.15) is 11.3 Å². The SMILES string of the molecule is CCOc1ccc(/C=N/n2c3nc4ccccc4nc3c3c(=O)n(CCOC)c[nH+]c32)cc1. The highest BCUT2D eigenvalue weighted by Gasteiger charge is 2.24. The van der Waals surface area contributed by atoms with Gasteiger partial charge in [-0.2, -0.15) is 0 Å². The zero-order valence-corrected chi connectivity index (χ0v) is 18.4. The van der Waals surface area contributed by atoms with E-state index in [1.807, 2.05) is 55.5 Å². The molecule has 5 rings (SSSR count). The van der Waals surface area contributed by atoms with Gasteiger partial charge < -0.3 is 9.47 Å². The number of ether oxygens (including phenoxy) is 2. The second-order valence-electron chi connectivity index (χ2n) is 7.43. The van der Waals surface area contributed by atoms with Gasteiger partial charge in [0.2, 0.25) is 5.65 Å². The Labute approximate surface area is 188 Å². The minimum Gasteiger partial charge on any atom is -0.494 e. The van der Waals surface area contributed by atoms with E-state index in [2.05, 4.69) is 10.1 Å². The summed E-state index contributed by atoms with van der Waals surface area (Å²) in [5, 5.41) is 5.09. The molecular formula is C24H23N6O3+. The first-order valence-corrected chi connectivity index (χ1v) is 10.7. The molecule has 1 N–H and O–H groups in total. The Balaban J connectivity index is 1.71. The smallest absolute Gasteiger partial charge is 0.322 e. The summed E-state index contributed by atoms with van der Waals surface area (Å²) < 4.78 is 13.8. The van der Waals surface area contributed by atoms with Gasteiger partial charge in [0.25, 0.3) is 5.65 Å². The van der Waals surface area contributed by atoms with Gasteiger partial charge in [-0.3, -0.25) is 0 Å². The van der Waals surface area contributed by atoms with E-state index < -0.39 is 0 Å². The molecule has 0 atom stereocenters. The van der Waals surface area contributed by atoms with Crippen LogP contribution in [0.25, 0.3) is 33.2 Å². The van der Waals surface area contributed by atoms with Crippen molar-refractivity contribution in [2.45, 2.75) is 13.5 Å². The maximum atomic E-state index is 13.3. The van der Waals surface area contributed by atoms with Crippen molar-refractivity contribution in [1.82, 2.24) is 19.2 Å². The molecular weight excluding hydrogens is 420 g/mol. The number of aromatic amines is 1. The lowest BCUT2D eigenvalue weighted by Crippen LogP contribution is -2.28. The normalized spacial score (nSPS) is 11.8. The first-order valence-electron chi connectivity index (χ1n) is 10.7. The van der Waals surface area contributed by atoms with E-state index >= 15 is 0 Å². The van der Waals surface area contributed by atoms with Crippen LogP contribution < -0.4 is 15.3 Å². The lowest BCUT2D eigenvalue weighted by molar-refractivity contribution is -0.357. The summed E-state index contributed by atoms with van der Waals surface area (Å²) in [7, 11) is 1.60. The van der Waals surface area contributed by atoms with Crippen LogP contribution in [0.1, 0.15) is 12.5 Å². The molecule has 2 aromatic carbocycles. The van der Waals surface area contributed by atoms with Crippen molar-refractivity contribution in [3.8, 4) is 5.75 Å². The van der Waals surface area contributed by atoms with Crippen molar-refractivity contribution >= 4 is 39.4 Å². The fourth-order valence-electron chi connectivity index (χ4n) is 3.72. The number of nitrogens with zero attached hydrogens (tertiary/aromatic N) is 5. The van der Waals surface area contributed by atoms with E-state index in [0.717, 1.165) is 16.8 Å². The summed E-state index contributed by atoms with van der Waals surface area (Å²) in [6, 6.07) is 15.2. The third-order valence-corrected chi connectivity index (χ3v) is 5.32. The number of nitrogens with one attached hydrogen (secondary N) is 1. The molecule has 0 aliphatic heterocycles. The number of para-hydroxylation sites is 2. The molecule has 0 radical (unpaired) electrons. The van der Waals surface area contributed by atoms with Gasteiger partial charge in [0.05, 0.1) is 37.0 Å². The highest BCUT2D eigenvalue weighted by atomic mass is 16.5. The molecule has 0 unspecified atom stereocenters. The monoisotopic (exact) mass is 443 g/mol. The van der Waals surface area contributed by atoms with E-state index in [4.69, 9.17) is 19.4 Å². The molecule has 33 heavy (non-hydrogen) atoms. The van der Waals surface area contributed by atoms with Crippen LogP contribution in [0.5, 0.6) is 5.75 Å². The molecule has 3 aromatic heterocycles. The topological polar surface area (TPSA) is 97.7 Å². The Morgan fingerprint density at radius 1 is 1.09 bits per heavy atom. The largest absolute Gasteiger partial charge is 0.494 e. The number of H-pyrrole nitrogens is 1. The van der Waals surface area contributed by atoms with Crippen LogP contribution in [-0.2, 0) is 11.3 Å². The molecule has 0 fully saturated rings. The quantitative estimate of drug-likeness (QED) is 0.360. The first kappa shape index (κ1) is 20.8. The van der Waals surface area contributed by atoms with Gasteiger partial charge in [-0.25, -0.2) is 24.3 Å². The molecule has 0 amide bonds. The third-order valence-electron chi connectivity index (χ3n) is 5.32. The van der Waals surface area contributed by atoms with Gasteiger partial charge in [0, 0.05) is 7.11 Å². The predicted molar refractivity (Wildman–Crippen MR) is 126 cm³/mol. The molecule has 0 aliphatic rings. The Morgan fingerprint density at radius 2 is 1.85 bits per heavy atom. The molecule has 5 aromatic rings. The minimum atomic E-state index is -0.176. The van der Waals surface area contributed by atoms with Crippen LogP contribution in [-0.4, -0.2) is 45.7 Å². The number of rotatable bonds is 7. The number of hydrogen-bond donors (Lipinski definition) is 0. The van der Waals surface area contributed by atoms with Gasteiger partial charge in [-0.05, 0) is 48.9 Å². The number of aromatic nitrogens is 5. The van der Waals surface area contributed by atoms with E-state index in [-0.39, 0.29) is 5.56 Å².